The van der Waals surface area contributed by atoms with E-state index in [1.54, 1.807) is 11.3 Å². The minimum atomic E-state index is -0.518. The summed E-state index contributed by atoms with van der Waals surface area (Å²) in [4.78, 5) is 28.0. The van der Waals surface area contributed by atoms with Gasteiger partial charge in [-0.2, -0.15) is 0 Å². The van der Waals surface area contributed by atoms with Crippen LogP contribution in [0.1, 0.15) is 73.7 Å². The van der Waals surface area contributed by atoms with Crippen molar-refractivity contribution < 1.29 is 18.7 Å². The number of allylic oxidation sites excluding steroid dienone is 3. The first-order valence-electron chi connectivity index (χ1n) is 11.1. The topological polar surface area (TPSA) is 68.5 Å². The van der Waals surface area contributed by atoms with Gasteiger partial charge in [0.1, 0.15) is 17.6 Å². The van der Waals surface area contributed by atoms with Crippen molar-refractivity contribution >= 4 is 23.1 Å². The Morgan fingerprint density at radius 2 is 1.97 bits per heavy atom. The first-order valence-corrected chi connectivity index (χ1v) is 11.9. The highest BCUT2D eigenvalue weighted by Gasteiger charge is 2.43. The fraction of sp³-hybridized carbons (Fsp3) is 0.440. The SMILES string of the molecule is CC1=C(C(=O)OC2CCCC2)[C@@H](c2ccc(C)o2)C2=C(C[C@@H](c3cccs3)CC2=O)N1. The number of furan rings is 1. The molecule has 0 amide bonds. The van der Waals surface area contributed by atoms with Gasteiger partial charge in [-0.3, -0.25) is 4.79 Å². The van der Waals surface area contributed by atoms with Crippen LogP contribution in [0.2, 0.25) is 0 Å². The van der Waals surface area contributed by atoms with Gasteiger partial charge >= 0.3 is 5.97 Å². The molecule has 2 atom stereocenters. The molecular weight excluding hydrogens is 410 g/mol. The summed E-state index contributed by atoms with van der Waals surface area (Å²) in [6.07, 6.45) is 5.16. The maximum Gasteiger partial charge on any atom is 0.337 e. The second-order valence-electron chi connectivity index (χ2n) is 8.79. The minimum absolute atomic E-state index is 0.0348. The summed E-state index contributed by atoms with van der Waals surface area (Å²) in [5.74, 6) is 0.775. The van der Waals surface area contributed by atoms with E-state index in [2.05, 4.69) is 16.8 Å². The molecule has 0 unspecified atom stereocenters. The van der Waals surface area contributed by atoms with E-state index in [0.29, 0.717) is 23.3 Å². The standard InChI is InChI=1S/C25H27NO4S/c1-14-9-10-20(29-14)24-22(25(28)30-17-6-3-4-7-17)15(2)26-18-12-16(13-19(27)23(18)24)21-8-5-11-31-21/h5,8-11,16-17,24,26H,3-4,6-7,12-13H2,1-2H3/t16-,24-/m1/s1. The van der Waals surface area contributed by atoms with Crippen molar-refractivity contribution in [2.75, 3.05) is 0 Å². The second-order valence-corrected chi connectivity index (χ2v) is 9.77. The monoisotopic (exact) mass is 437 g/mol. The number of nitrogens with one attached hydrogen (secondary N) is 1. The molecule has 31 heavy (non-hydrogen) atoms. The molecule has 0 saturated heterocycles. The van der Waals surface area contributed by atoms with Gasteiger partial charge in [0.2, 0.25) is 0 Å². The Hall–Kier alpha value is -2.60. The number of dihydropyridines is 1. The van der Waals surface area contributed by atoms with Gasteiger partial charge in [0.15, 0.2) is 5.78 Å². The average molecular weight is 438 g/mol. The number of esters is 1. The van der Waals surface area contributed by atoms with Gasteiger partial charge in [-0.15, -0.1) is 11.3 Å². The molecule has 3 heterocycles. The molecule has 1 aliphatic heterocycles. The van der Waals surface area contributed by atoms with E-state index in [4.69, 9.17) is 9.15 Å². The van der Waals surface area contributed by atoms with Gasteiger partial charge < -0.3 is 14.5 Å². The highest BCUT2D eigenvalue weighted by molar-refractivity contribution is 7.10. The number of hydrogen-bond donors (Lipinski definition) is 1. The van der Waals surface area contributed by atoms with E-state index >= 15 is 0 Å². The van der Waals surface area contributed by atoms with E-state index in [0.717, 1.165) is 49.3 Å². The van der Waals surface area contributed by atoms with E-state index in [9.17, 15) is 9.59 Å². The zero-order valence-electron chi connectivity index (χ0n) is 17.9. The van der Waals surface area contributed by atoms with E-state index in [1.807, 2.05) is 32.0 Å². The minimum Gasteiger partial charge on any atom is -0.465 e. The number of Topliss-reactive ketones (excluding diaryl/α,β-unsaturated/α-hetero) is 1. The number of hydrogen-bond acceptors (Lipinski definition) is 6. The normalized spacial score (nSPS) is 24.4. The molecule has 0 spiro atoms. The van der Waals surface area contributed by atoms with Crippen LogP contribution in [0.5, 0.6) is 0 Å². The highest BCUT2D eigenvalue weighted by Crippen LogP contribution is 2.46. The average Bonchev–Trinajstić information content (AvgIpc) is 3.49. The molecular formula is C25H27NO4S. The van der Waals surface area contributed by atoms with Gasteiger partial charge in [0.25, 0.3) is 0 Å². The van der Waals surface area contributed by atoms with Crippen molar-refractivity contribution in [3.63, 3.8) is 0 Å². The molecule has 5 rings (SSSR count). The summed E-state index contributed by atoms with van der Waals surface area (Å²) in [5, 5.41) is 5.45. The molecule has 2 aromatic heterocycles. The molecule has 2 aliphatic carbocycles. The number of aryl methyl sites for hydroxylation is 1. The number of ketones is 1. The lowest BCUT2D eigenvalue weighted by atomic mass is 9.74. The molecule has 2 aromatic rings. The Morgan fingerprint density at radius 3 is 2.65 bits per heavy atom. The van der Waals surface area contributed by atoms with Crippen molar-refractivity contribution in [1.29, 1.82) is 0 Å². The van der Waals surface area contributed by atoms with Crippen molar-refractivity contribution in [2.24, 2.45) is 0 Å². The summed E-state index contributed by atoms with van der Waals surface area (Å²) in [6.45, 7) is 3.78. The fourth-order valence-electron chi connectivity index (χ4n) is 5.15. The predicted molar refractivity (Wildman–Crippen MR) is 119 cm³/mol. The van der Waals surface area contributed by atoms with E-state index in [1.165, 1.54) is 4.88 Å². The quantitative estimate of drug-likeness (QED) is 0.640. The molecule has 1 N–H and O–H groups in total. The number of carbonyl (C=O) groups is 2. The zero-order chi connectivity index (χ0) is 21.5. The Kier molecular flexibility index (Phi) is 5.34. The molecule has 3 aliphatic rings. The molecule has 162 valence electrons. The number of rotatable bonds is 4. The van der Waals surface area contributed by atoms with Gasteiger partial charge in [-0.25, -0.2) is 4.79 Å². The lowest BCUT2D eigenvalue weighted by molar-refractivity contribution is -0.144. The van der Waals surface area contributed by atoms with Crippen LogP contribution in [0.3, 0.4) is 0 Å². The molecule has 5 nitrogen and oxygen atoms in total. The van der Waals surface area contributed by atoms with Crippen LogP contribution in [0.4, 0.5) is 0 Å². The number of carbonyl (C=O) groups excluding carboxylic acids is 2. The maximum atomic E-state index is 13.4. The molecule has 0 aromatic carbocycles. The van der Waals surface area contributed by atoms with Crippen molar-refractivity contribution in [1.82, 2.24) is 5.32 Å². The lowest BCUT2D eigenvalue weighted by Gasteiger charge is -2.35. The van der Waals surface area contributed by atoms with Crippen LogP contribution < -0.4 is 5.32 Å². The molecule has 1 fully saturated rings. The molecule has 0 radical (unpaired) electrons. The van der Waals surface area contributed by atoms with E-state index < -0.39 is 5.92 Å². The summed E-state index contributed by atoms with van der Waals surface area (Å²) in [5.41, 5.74) is 2.82. The van der Waals surface area contributed by atoms with Crippen molar-refractivity contribution in [2.45, 2.75) is 70.3 Å². The Balaban J connectivity index is 1.53. The third kappa shape index (κ3) is 3.78. The smallest absolute Gasteiger partial charge is 0.337 e. The predicted octanol–water partition coefficient (Wildman–Crippen LogP) is 5.50. The third-order valence-corrected chi connectivity index (χ3v) is 7.65. The largest absolute Gasteiger partial charge is 0.465 e. The summed E-state index contributed by atoms with van der Waals surface area (Å²) in [7, 11) is 0. The highest BCUT2D eigenvalue weighted by atomic mass is 32.1. The van der Waals surface area contributed by atoms with Crippen molar-refractivity contribution in [3.8, 4) is 0 Å². The van der Waals surface area contributed by atoms with Crippen molar-refractivity contribution in [3.05, 3.63) is 68.6 Å². The van der Waals surface area contributed by atoms with Crippen LogP contribution >= 0.6 is 11.3 Å². The number of ether oxygens (including phenoxy) is 1. The van der Waals surface area contributed by atoms with Crippen LogP contribution in [0.25, 0.3) is 0 Å². The van der Waals surface area contributed by atoms with Gasteiger partial charge in [0, 0.05) is 34.2 Å². The van der Waals surface area contributed by atoms with Gasteiger partial charge in [-0.1, -0.05) is 6.07 Å². The van der Waals surface area contributed by atoms with Gasteiger partial charge in [0.05, 0.1) is 11.5 Å². The van der Waals surface area contributed by atoms with E-state index in [-0.39, 0.29) is 23.8 Å². The summed E-state index contributed by atoms with van der Waals surface area (Å²) < 4.78 is 11.8. The first kappa shape index (κ1) is 20.3. The van der Waals surface area contributed by atoms with Crippen LogP contribution in [-0.4, -0.2) is 17.9 Å². The Labute approximate surface area is 186 Å². The zero-order valence-corrected chi connectivity index (χ0v) is 18.7. The summed E-state index contributed by atoms with van der Waals surface area (Å²) in [6, 6.07) is 7.89. The van der Waals surface area contributed by atoms with Crippen LogP contribution in [0, 0.1) is 6.92 Å². The van der Waals surface area contributed by atoms with Crippen LogP contribution in [0.15, 0.2) is 56.6 Å². The summed E-state index contributed by atoms with van der Waals surface area (Å²) >= 11 is 1.69. The third-order valence-electron chi connectivity index (χ3n) is 6.61. The molecule has 6 heteroatoms. The fourth-order valence-corrected chi connectivity index (χ4v) is 5.98. The Bertz CT molecular complexity index is 1070. The number of thiophene rings is 1. The Morgan fingerprint density at radius 1 is 1.16 bits per heavy atom. The lowest BCUT2D eigenvalue weighted by Crippen LogP contribution is -2.36. The van der Waals surface area contributed by atoms with Gasteiger partial charge in [-0.05, 0) is 69.5 Å². The van der Waals surface area contributed by atoms with Crippen LogP contribution in [-0.2, 0) is 14.3 Å². The molecule has 1 saturated carbocycles. The first-order chi connectivity index (χ1) is 15.0. The second kappa shape index (κ2) is 8.15. The maximum absolute atomic E-state index is 13.4. The molecule has 0 bridgehead atoms.